The van der Waals surface area contributed by atoms with Crippen LogP contribution in [-0.2, 0) is 13.6 Å². The minimum atomic E-state index is 0.698. The standard InChI is InChI=1S/C16H23N3O2/c1-6-17-10-13-12(3)18-19(4)16(13)21-14-8-7-11(2)9-15(14)20-5/h7-9,17H,6,10H2,1-5H3. The van der Waals surface area contributed by atoms with Crippen molar-refractivity contribution >= 4 is 0 Å². The van der Waals surface area contributed by atoms with Crippen LogP contribution in [0.2, 0.25) is 0 Å². The summed E-state index contributed by atoms with van der Waals surface area (Å²) >= 11 is 0. The van der Waals surface area contributed by atoms with Crippen LogP contribution >= 0.6 is 0 Å². The number of rotatable bonds is 6. The lowest BCUT2D eigenvalue weighted by Crippen LogP contribution is -2.13. The Morgan fingerprint density at radius 3 is 2.67 bits per heavy atom. The van der Waals surface area contributed by atoms with Crippen LogP contribution in [-0.4, -0.2) is 23.4 Å². The van der Waals surface area contributed by atoms with Crippen molar-refractivity contribution in [1.29, 1.82) is 0 Å². The van der Waals surface area contributed by atoms with Crippen LogP contribution < -0.4 is 14.8 Å². The zero-order chi connectivity index (χ0) is 15.4. The lowest BCUT2D eigenvalue weighted by molar-refractivity contribution is 0.363. The number of hydrogen-bond donors (Lipinski definition) is 1. The first-order valence-electron chi connectivity index (χ1n) is 7.12. The Morgan fingerprint density at radius 1 is 1.24 bits per heavy atom. The van der Waals surface area contributed by atoms with E-state index in [2.05, 4.69) is 17.3 Å². The van der Waals surface area contributed by atoms with Crippen LogP contribution in [0.1, 0.15) is 23.7 Å². The van der Waals surface area contributed by atoms with E-state index in [9.17, 15) is 0 Å². The highest BCUT2D eigenvalue weighted by Crippen LogP contribution is 2.34. The zero-order valence-electron chi connectivity index (χ0n) is 13.4. The highest BCUT2D eigenvalue weighted by atomic mass is 16.5. The largest absolute Gasteiger partial charge is 0.493 e. The Kier molecular flexibility index (Phi) is 4.85. The number of methoxy groups -OCH3 is 1. The van der Waals surface area contributed by atoms with Crippen LogP contribution in [0.3, 0.4) is 0 Å². The minimum absolute atomic E-state index is 0.698. The van der Waals surface area contributed by atoms with E-state index < -0.39 is 0 Å². The number of aryl methyl sites for hydroxylation is 3. The molecule has 0 aliphatic carbocycles. The average Bonchev–Trinajstić information content (AvgIpc) is 2.72. The summed E-state index contributed by atoms with van der Waals surface area (Å²) in [5.74, 6) is 2.17. The predicted octanol–water partition coefficient (Wildman–Crippen LogP) is 2.95. The summed E-state index contributed by atoms with van der Waals surface area (Å²) in [4.78, 5) is 0. The Bertz CT molecular complexity index is 620. The molecule has 0 spiro atoms. The molecule has 0 unspecified atom stereocenters. The second kappa shape index (κ2) is 6.63. The maximum Gasteiger partial charge on any atom is 0.222 e. The van der Waals surface area contributed by atoms with Crippen molar-refractivity contribution in [3.8, 4) is 17.4 Å². The van der Waals surface area contributed by atoms with Gasteiger partial charge in [0.25, 0.3) is 0 Å². The highest BCUT2D eigenvalue weighted by Gasteiger charge is 2.16. The van der Waals surface area contributed by atoms with E-state index in [4.69, 9.17) is 9.47 Å². The molecule has 0 aliphatic rings. The van der Waals surface area contributed by atoms with Crippen LogP contribution in [0, 0.1) is 13.8 Å². The molecular formula is C16H23N3O2. The van der Waals surface area contributed by atoms with Crippen LogP contribution in [0.15, 0.2) is 18.2 Å². The van der Waals surface area contributed by atoms with Crippen molar-refractivity contribution in [3.05, 3.63) is 35.0 Å². The van der Waals surface area contributed by atoms with E-state index >= 15 is 0 Å². The molecule has 2 aromatic rings. The molecular weight excluding hydrogens is 266 g/mol. The molecule has 2 rings (SSSR count). The first-order valence-corrected chi connectivity index (χ1v) is 7.12. The van der Waals surface area contributed by atoms with Crippen LogP contribution in [0.4, 0.5) is 0 Å². The molecule has 114 valence electrons. The molecule has 0 amide bonds. The normalized spacial score (nSPS) is 10.7. The highest BCUT2D eigenvalue weighted by molar-refractivity contribution is 5.45. The fourth-order valence-electron chi connectivity index (χ4n) is 2.23. The van der Waals surface area contributed by atoms with E-state index in [0.29, 0.717) is 5.75 Å². The molecule has 0 radical (unpaired) electrons. The minimum Gasteiger partial charge on any atom is -0.493 e. The Labute approximate surface area is 125 Å². The van der Waals surface area contributed by atoms with Gasteiger partial charge in [-0.3, -0.25) is 0 Å². The van der Waals surface area contributed by atoms with E-state index in [0.717, 1.165) is 41.5 Å². The zero-order valence-corrected chi connectivity index (χ0v) is 13.4. The summed E-state index contributed by atoms with van der Waals surface area (Å²) in [7, 11) is 3.54. The van der Waals surface area contributed by atoms with E-state index in [1.54, 1.807) is 11.8 Å². The monoisotopic (exact) mass is 289 g/mol. The molecule has 21 heavy (non-hydrogen) atoms. The molecule has 5 heteroatoms. The molecule has 5 nitrogen and oxygen atoms in total. The third-order valence-corrected chi connectivity index (χ3v) is 3.37. The van der Waals surface area contributed by atoms with Crippen molar-refractivity contribution in [1.82, 2.24) is 15.1 Å². The van der Waals surface area contributed by atoms with Crippen molar-refractivity contribution < 1.29 is 9.47 Å². The second-order valence-corrected chi connectivity index (χ2v) is 5.03. The summed E-state index contributed by atoms with van der Waals surface area (Å²) < 4.78 is 13.2. The number of ether oxygens (including phenoxy) is 2. The number of aromatic nitrogens is 2. The molecule has 1 N–H and O–H groups in total. The molecule has 1 aromatic carbocycles. The SMILES string of the molecule is CCNCc1c(C)nn(C)c1Oc1ccc(C)cc1OC. The topological polar surface area (TPSA) is 48.3 Å². The van der Waals surface area contributed by atoms with Gasteiger partial charge >= 0.3 is 0 Å². The molecule has 0 saturated heterocycles. The molecule has 0 atom stereocenters. The molecule has 0 saturated carbocycles. The van der Waals surface area contributed by atoms with Gasteiger partial charge in [-0.2, -0.15) is 5.10 Å². The summed E-state index contributed by atoms with van der Waals surface area (Å²) in [6.45, 7) is 7.74. The smallest absolute Gasteiger partial charge is 0.222 e. The quantitative estimate of drug-likeness (QED) is 0.888. The van der Waals surface area contributed by atoms with E-state index in [1.165, 1.54) is 0 Å². The molecule has 0 bridgehead atoms. The maximum atomic E-state index is 6.07. The lowest BCUT2D eigenvalue weighted by Gasteiger charge is -2.12. The van der Waals surface area contributed by atoms with Gasteiger partial charge in [0.15, 0.2) is 11.5 Å². The van der Waals surface area contributed by atoms with Gasteiger partial charge in [-0.05, 0) is 38.1 Å². The Hall–Kier alpha value is -2.01. The second-order valence-electron chi connectivity index (χ2n) is 5.03. The van der Waals surface area contributed by atoms with Crippen molar-refractivity contribution in [3.63, 3.8) is 0 Å². The molecule has 1 aromatic heterocycles. The summed E-state index contributed by atoms with van der Waals surface area (Å²) in [6.07, 6.45) is 0. The number of hydrogen-bond acceptors (Lipinski definition) is 4. The van der Waals surface area contributed by atoms with Gasteiger partial charge in [-0.15, -0.1) is 0 Å². The number of nitrogens with one attached hydrogen (secondary N) is 1. The Balaban J connectivity index is 2.35. The third kappa shape index (κ3) is 3.36. The lowest BCUT2D eigenvalue weighted by atomic mass is 10.2. The predicted molar refractivity (Wildman–Crippen MR) is 83.1 cm³/mol. The fourth-order valence-corrected chi connectivity index (χ4v) is 2.23. The summed E-state index contributed by atoms with van der Waals surface area (Å²) in [5.41, 5.74) is 3.18. The van der Waals surface area contributed by atoms with Crippen LogP contribution in [0.5, 0.6) is 17.4 Å². The Morgan fingerprint density at radius 2 is 2.00 bits per heavy atom. The molecule has 0 fully saturated rings. The fraction of sp³-hybridized carbons (Fsp3) is 0.438. The van der Waals surface area contributed by atoms with Gasteiger partial charge in [0.1, 0.15) is 0 Å². The van der Waals surface area contributed by atoms with Crippen molar-refractivity contribution in [2.24, 2.45) is 7.05 Å². The van der Waals surface area contributed by atoms with Crippen molar-refractivity contribution in [2.75, 3.05) is 13.7 Å². The van der Waals surface area contributed by atoms with E-state index in [-0.39, 0.29) is 0 Å². The molecule has 0 aliphatic heterocycles. The summed E-state index contributed by atoms with van der Waals surface area (Å²) in [5, 5.41) is 7.76. The first-order chi connectivity index (χ1) is 10.1. The van der Waals surface area contributed by atoms with Gasteiger partial charge in [0.2, 0.25) is 5.88 Å². The van der Waals surface area contributed by atoms with Gasteiger partial charge in [-0.1, -0.05) is 13.0 Å². The van der Waals surface area contributed by atoms with Gasteiger partial charge < -0.3 is 14.8 Å². The van der Waals surface area contributed by atoms with Crippen molar-refractivity contribution in [2.45, 2.75) is 27.3 Å². The maximum absolute atomic E-state index is 6.07. The average molecular weight is 289 g/mol. The van der Waals surface area contributed by atoms with E-state index in [1.807, 2.05) is 39.1 Å². The van der Waals surface area contributed by atoms with Gasteiger partial charge in [0, 0.05) is 13.6 Å². The molecule has 1 heterocycles. The number of nitrogens with zero attached hydrogens (tertiary/aromatic N) is 2. The van der Waals surface area contributed by atoms with Gasteiger partial charge in [0.05, 0.1) is 18.4 Å². The third-order valence-electron chi connectivity index (χ3n) is 3.37. The number of benzene rings is 1. The van der Waals surface area contributed by atoms with Crippen LogP contribution in [0.25, 0.3) is 0 Å². The van der Waals surface area contributed by atoms with Gasteiger partial charge in [-0.25, -0.2) is 4.68 Å². The first kappa shape index (κ1) is 15.4. The summed E-state index contributed by atoms with van der Waals surface area (Å²) in [6, 6.07) is 5.89.